The van der Waals surface area contributed by atoms with Gasteiger partial charge in [-0.25, -0.2) is 0 Å². The van der Waals surface area contributed by atoms with Crippen LogP contribution in [0.2, 0.25) is 0 Å². The SMILES string of the molecule is C=CCCCCCCCCN(CC)CC. The summed E-state index contributed by atoms with van der Waals surface area (Å²) < 4.78 is 0. The first-order chi connectivity index (χ1) is 7.35. The van der Waals surface area contributed by atoms with E-state index in [0.717, 1.165) is 0 Å². The molecule has 0 aliphatic rings. The van der Waals surface area contributed by atoms with Gasteiger partial charge < -0.3 is 4.90 Å². The predicted octanol–water partition coefficient (Wildman–Crippen LogP) is 4.24. The van der Waals surface area contributed by atoms with E-state index in [0.29, 0.717) is 0 Å². The van der Waals surface area contributed by atoms with Gasteiger partial charge in [-0.2, -0.15) is 0 Å². The molecule has 0 amide bonds. The Morgan fingerprint density at radius 2 is 1.40 bits per heavy atom. The van der Waals surface area contributed by atoms with E-state index in [2.05, 4.69) is 25.3 Å². The van der Waals surface area contributed by atoms with Crippen LogP contribution >= 0.6 is 0 Å². The highest BCUT2D eigenvalue weighted by molar-refractivity contribution is 4.65. The summed E-state index contributed by atoms with van der Waals surface area (Å²) in [6, 6.07) is 0. The summed E-state index contributed by atoms with van der Waals surface area (Å²) in [7, 11) is 0. The third-order valence-corrected chi connectivity index (χ3v) is 3.03. The van der Waals surface area contributed by atoms with Crippen molar-refractivity contribution in [3.63, 3.8) is 0 Å². The molecule has 0 rings (SSSR count). The van der Waals surface area contributed by atoms with Crippen LogP contribution in [-0.4, -0.2) is 24.5 Å². The lowest BCUT2D eigenvalue weighted by atomic mass is 10.1. The third kappa shape index (κ3) is 9.99. The molecule has 0 N–H and O–H groups in total. The van der Waals surface area contributed by atoms with Crippen LogP contribution in [-0.2, 0) is 0 Å². The molecule has 0 aliphatic heterocycles. The summed E-state index contributed by atoms with van der Waals surface area (Å²) in [4.78, 5) is 2.51. The molecule has 90 valence electrons. The maximum Gasteiger partial charge on any atom is -0.00190 e. The van der Waals surface area contributed by atoms with Crippen molar-refractivity contribution in [3.05, 3.63) is 12.7 Å². The Morgan fingerprint density at radius 3 is 1.93 bits per heavy atom. The fourth-order valence-electron chi connectivity index (χ4n) is 1.87. The van der Waals surface area contributed by atoms with Crippen LogP contribution in [0.4, 0.5) is 0 Å². The molecule has 0 bridgehead atoms. The molecule has 0 saturated carbocycles. The largest absolute Gasteiger partial charge is 0.304 e. The molecular formula is C14H29N. The summed E-state index contributed by atoms with van der Waals surface area (Å²) in [5, 5.41) is 0. The first-order valence-electron chi connectivity index (χ1n) is 6.68. The van der Waals surface area contributed by atoms with Gasteiger partial charge in [0.1, 0.15) is 0 Å². The number of hydrogen-bond acceptors (Lipinski definition) is 1. The average molecular weight is 211 g/mol. The van der Waals surface area contributed by atoms with Crippen molar-refractivity contribution in [2.24, 2.45) is 0 Å². The highest BCUT2D eigenvalue weighted by Gasteiger charge is 1.97. The Bertz CT molecular complexity index is 127. The summed E-state index contributed by atoms with van der Waals surface area (Å²) in [6.45, 7) is 11.9. The van der Waals surface area contributed by atoms with E-state index < -0.39 is 0 Å². The molecule has 1 heteroatoms. The zero-order valence-corrected chi connectivity index (χ0v) is 10.8. The minimum absolute atomic E-state index is 1.19. The van der Waals surface area contributed by atoms with Gasteiger partial charge in [-0.1, -0.05) is 45.6 Å². The molecule has 0 radical (unpaired) electrons. The average Bonchev–Trinajstić information content (AvgIpc) is 2.27. The summed E-state index contributed by atoms with van der Waals surface area (Å²) >= 11 is 0. The Kier molecular flexibility index (Phi) is 11.5. The van der Waals surface area contributed by atoms with Gasteiger partial charge in [-0.05, 0) is 38.9 Å². The number of nitrogens with zero attached hydrogens (tertiary/aromatic N) is 1. The van der Waals surface area contributed by atoms with Gasteiger partial charge in [0.2, 0.25) is 0 Å². The van der Waals surface area contributed by atoms with Gasteiger partial charge >= 0.3 is 0 Å². The lowest BCUT2D eigenvalue weighted by Crippen LogP contribution is -2.23. The van der Waals surface area contributed by atoms with Crippen molar-refractivity contribution < 1.29 is 0 Å². The number of hydrogen-bond donors (Lipinski definition) is 0. The Morgan fingerprint density at radius 1 is 0.867 bits per heavy atom. The molecule has 1 nitrogen and oxygen atoms in total. The molecule has 0 atom stereocenters. The zero-order chi connectivity index (χ0) is 11.4. The quantitative estimate of drug-likeness (QED) is 0.365. The number of rotatable bonds is 11. The zero-order valence-electron chi connectivity index (χ0n) is 10.8. The van der Waals surface area contributed by atoms with Crippen LogP contribution in [0.1, 0.15) is 58.8 Å². The number of unbranched alkanes of at least 4 members (excludes halogenated alkanes) is 6. The van der Waals surface area contributed by atoms with Gasteiger partial charge in [-0.3, -0.25) is 0 Å². The van der Waals surface area contributed by atoms with Crippen molar-refractivity contribution in [2.45, 2.75) is 58.8 Å². The number of allylic oxidation sites excluding steroid dienone is 1. The monoisotopic (exact) mass is 211 g/mol. The van der Waals surface area contributed by atoms with Crippen molar-refractivity contribution in [3.8, 4) is 0 Å². The Balaban J connectivity index is 3.07. The highest BCUT2D eigenvalue weighted by Crippen LogP contribution is 2.07. The summed E-state index contributed by atoms with van der Waals surface area (Å²) in [5.41, 5.74) is 0. The van der Waals surface area contributed by atoms with Crippen molar-refractivity contribution in [1.29, 1.82) is 0 Å². The summed E-state index contributed by atoms with van der Waals surface area (Å²) in [5.74, 6) is 0. The van der Waals surface area contributed by atoms with Crippen LogP contribution in [0.25, 0.3) is 0 Å². The van der Waals surface area contributed by atoms with Gasteiger partial charge in [0, 0.05) is 0 Å². The van der Waals surface area contributed by atoms with Gasteiger partial charge in [0.05, 0.1) is 0 Å². The molecule has 0 aromatic carbocycles. The third-order valence-electron chi connectivity index (χ3n) is 3.03. The van der Waals surface area contributed by atoms with Crippen LogP contribution in [0, 0.1) is 0 Å². The molecule has 0 aromatic heterocycles. The maximum atomic E-state index is 3.74. The summed E-state index contributed by atoms with van der Waals surface area (Å²) in [6.07, 6.45) is 11.6. The van der Waals surface area contributed by atoms with E-state index in [1.54, 1.807) is 0 Å². The topological polar surface area (TPSA) is 3.24 Å². The molecule has 0 heterocycles. The van der Waals surface area contributed by atoms with Gasteiger partial charge in [0.15, 0.2) is 0 Å². The predicted molar refractivity (Wildman–Crippen MR) is 70.3 cm³/mol. The standard InChI is InChI=1S/C14H29N/c1-4-7-8-9-10-11-12-13-14-15(5-2)6-3/h4H,1,5-14H2,2-3H3. The molecular weight excluding hydrogens is 182 g/mol. The minimum atomic E-state index is 1.19. The van der Waals surface area contributed by atoms with E-state index in [4.69, 9.17) is 0 Å². The molecule has 0 fully saturated rings. The minimum Gasteiger partial charge on any atom is -0.304 e. The Hall–Kier alpha value is -0.300. The smallest absolute Gasteiger partial charge is 0.00190 e. The van der Waals surface area contributed by atoms with Crippen molar-refractivity contribution in [1.82, 2.24) is 4.90 Å². The van der Waals surface area contributed by atoms with E-state index in [9.17, 15) is 0 Å². The molecule has 15 heavy (non-hydrogen) atoms. The highest BCUT2D eigenvalue weighted by atomic mass is 15.1. The van der Waals surface area contributed by atoms with Crippen LogP contribution in [0.15, 0.2) is 12.7 Å². The van der Waals surface area contributed by atoms with Crippen molar-refractivity contribution in [2.75, 3.05) is 19.6 Å². The fraction of sp³-hybridized carbons (Fsp3) is 0.857. The lowest BCUT2D eigenvalue weighted by molar-refractivity contribution is 0.295. The normalized spacial score (nSPS) is 10.9. The molecule has 0 spiro atoms. The second kappa shape index (κ2) is 11.8. The molecule has 0 saturated heterocycles. The van der Waals surface area contributed by atoms with Crippen LogP contribution in [0.3, 0.4) is 0 Å². The van der Waals surface area contributed by atoms with Crippen LogP contribution in [0.5, 0.6) is 0 Å². The fourth-order valence-corrected chi connectivity index (χ4v) is 1.87. The van der Waals surface area contributed by atoms with Crippen molar-refractivity contribution >= 4 is 0 Å². The molecule has 0 unspecified atom stereocenters. The second-order valence-corrected chi connectivity index (χ2v) is 4.23. The first kappa shape index (κ1) is 14.7. The van der Waals surface area contributed by atoms with Crippen LogP contribution < -0.4 is 0 Å². The molecule has 0 aliphatic carbocycles. The van der Waals surface area contributed by atoms with E-state index in [1.165, 1.54) is 64.6 Å². The molecule has 0 aromatic rings. The maximum absolute atomic E-state index is 3.74. The lowest BCUT2D eigenvalue weighted by Gasteiger charge is -2.17. The van der Waals surface area contributed by atoms with E-state index in [1.807, 2.05) is 6.08 Å². The van der Waals surface area contributed by atoms with Gasteiger partial charge in [0.25, 0.3) is 0 Å². The Labute approximate surface area is 96.6 Å². The van der Waals surface area contributed by atoms with Gasteiger partial charge in [-0.15, -0.1) is 6.58 Å². The van der Waals surface area contributed by atoms with E-state index in [-0.39, 0.29) is 0 Å². The first-order valence-corrected chi connectivity index (χ1v) is 6.68. The van der Waals surface area contributed by atoms with E-state index >= 15 is 0 Å². The second-order valence-electron chi connectivity index (χ2n) is 4.23.